The maximum atomic E-state index is 12.1. The molecule has 0 aliphatic heterocycles. The summed E-state index contributed by atoms with van der Waals surface area (Å²) in [7, 11) is 1.65. The predicted molar refractivity (Wildman–Crippen MR) is 127 cm³/mol. The Bertz CT molecular complexity index is 1250. The van der Waals surface area contributed by atoms with E-state index in [9.17, 15) is 4.79 Å². The molecule has 0 radical (unpaired) electrons. The number of nitrogens with one attached hydrogen (secondary N) is 3. The van der Waals surface area contributed by atoms with Gasteiger partial charge in [0.15, 0.2) is 5.82 Å². The van der Waals surface area contributed by atoms with Gasteiger partial charge in [0.25, 0.3) is 5.56 Å². The molecule has 0 spiro atoms. The second kappa shape index (κ2) is 10.6. The predicted octanol–water partition coefficient (Wildman–Crippen LogP) is 3.06. The summed E-state index contributed by atoms with van der Waals surface area (Å²) in [6.45, 7) is 3.65. The molecule has 0 aliphatic rings. The van der Waals surface area contributed by atoms with E-state index in [1.165, 1.54) is 6.33 Å². The van der Waals surface area contributed by atoms with Gasteiger partial charge in [-0.15, -0.1) is 5.10 Å². The zero-order valence-corrected chi connectivity index (χ0v) is 18.5. The number of nitrogens with zero attached hydrogens (tertiary/aromatic N) is 3. The molecule has 33 heavy (non-hydrogen) atoms. The summed E-state index contributed by atoms with van der Waals surface area (Å²) in [5, 5.41) is 15.5. The van der Waals surface area contributed by atoms with Crippen LogP contribution in [0.2, 0.25) is 0 Å². The molecule has 9 nitrogen and oxygen atoms in total. The van der Waals surface area contributed by atoms with Crippen LogP contribution >= 0.6 is 0 Å². The monoisotopic (exact) mass is 446 g/mol. The highest BCUT2D eigenvalue weighted by Gasteiger charge is 2.12. The molecule has 170 valence electrons. The highest BCUT2D eigenvalue weighted by molar-refractivity contribution is 5.83. The molecule has 0 saturated heterocycles. The van der Waals surface area contributed by atoms with E-state index < -0.39 is 0 Å². The van der Waals surface area contributed by atoms with Crippen LogP contribution in [-0.4, -0.2) is 40.4 Å². The fraction of sp³-hybridized carbons (Fsp3) is 0.250. The summed E-state index contributed by atoms with van der Waals surface area (Å²) < 4.78 is 11.1. The number of benzene rings is 2. The lowest BCUT2D eigenvalue weighted by Gasteiger charge is -2.18. The average molecular weight is 447 g/mol. The van der Waals surface area contributed by atoms with Crippen LogP contribution in [0.1, 0.15) is 24.1 Å². The Morgan fingerprint density at radius 2 is 1.97 bits per heavy atom. The lowest BCUT2D eigenvalue weighted by atomic mass is 10.1. The summed E-state index contributed by atoms with van der Waals surface area (Å²) in [6.07, 6.45) is 3.07. The number of aromatic nitrogens is 4. The van der Waals surface area contributed by atoms with E-state index in [-0.39, 0.29) is 11.6 Å². The van der Waals surface area contributed by atoms with Crippen LogP contribution in [0.5, 0.6) is 11.5 Å². The molecule has 4 aromatic rings. The van der Waals surface area contributed by atoms with E-state index >= 15 is 0 Å². The van der Waals surface area contributed by atoms with Gasteiger partial charge in [0.1, 0.15) is 23.5 Å². The SMILES string of the molecule is COc1ccc(CNc2nnccc2C(C)NCCOc2cccc3nc[nH]c(=O)c23)cc1. The number of anilines is 1. The van der Waals surface area contributed by atoms with Crippen molar-refractivity contribution in [3.05, 3.63) is 82.5 Å². The first-order valence-corrected chi connectivity index (χ1v) is 10.7. The number of fused-ring (bicyclic) bond motifs is 1. The van der Waals surface area contributed by atoms with Crippen molar-refractivity contribution >= 4 is 16.7 Å². The van der Waals surface area contributed by atoms with Gasteiger partial charge in [-0.25, -0.2) is 4.98 Å². The summed E-state index contributed by atoms with van der Waals surface area (Å²) >= 11 is 0. The van der Waals surface area contributed by atoms with E-state index in [4.69, 9.17) is 9.47 Å². The largest absolute Gasteiger partial charge is 0.497 e. The van der Waals surface area contributed by atoms with Crippen LogP contribution in [0.15, 0.2) is 65.8 Å². The molecule has 0 amide bonds. The lowest BCUT2D eigenvalue weighted by Crippen LogP contribution is -2.25. The van der Waals surface area contributed by atoms with E-state index in [0.717, 1.165) is 22.7 Å². The number of rotatable bonds is 10. The molecule has 2 aromatic heterocycles. The molecule has 0 fully saturated rings. The van der Waals surface area contributed by atoms with Crippen molar-refractivity contribution in [2.75, 3.05) is 25.6 Å². The van der Waals surface area contributed by atoms with Gasteiger partial charge in [-0.3, -0.25) is 4.79 Å². The Morgan fingerprint density at radius 1 is 1.12 bits per heavy atom. The Hall–Kier alpha value is -3.98. The quantitative estimate of drug-likeness (QED) is 0.319. The fourth-order valence-corrected chi connectivity index (χ4v) is 3.51. The molecule has 0 aliphatic carbocycles. The fourth-order valence-electron chi connectivity index (χ4n) is 3.51. The third-order valence-electron chi connectivity index (χ3n) is 5.28. The van der Waals surface area contributed by atoms with Gasteiger partial charge in [-0.1, -0.05) is 18.2 Å². The van der Waals surface area contributed by atoms with Gasteiger partial charge < -0.3 is 25.1 Å². The topological polar surface area (TPSA) is 114 Å². The van der Waals surface area contributed by atoms with Crippen molar-refractivity contribution in [2.24, 2.45) is 0 Å². The zero-order valence-electron chi connectivity index (χ0n) is 18.5. The highest BCUT2D eigenvalue weighted by Crippen LogP contribution is 2.22. The molecule has 2 heterocycles. The Morgan fingerprint density at radius 3 is 2.79 bits per heavy atom. The average Bonchev–Trinajstić information content (AvgIpc) is 2.86. The normalized spacial score (nSPS) is 11.8. The van der Waals surface area contributed by atoms with Gasteiger partial charge in [0.2, 0.25) is 0 Å². The molecule has 2 aromatic carbocycles. The number of hydrogen-bond acceptors (Lipinski definition) is 8. The zero-order chi connectivity index (χ0) is 23.0. The van der Waals surface area contributed by atoms with Crippen LogP contribution in [-0.2, 0) is 6.54 Å². The third kappa shape index (κ3) is 5.45. The summed E-state index contributed by atoms with van der Waals surface area (Å²) in [5.74, 6) is 2.06. The molecular formula is C24H26N6O3. The van der Waals surface area contributed by atoms with Crippen molar-refractivity contribution in [3.8, 4) is 11.5 Å². The smallest absolute Gasteiger partial charge is 0.262 e. The molecule has 3 N–H and O–H groups in total. The number of hydrogen-bond donors (Lipinski definition) is 3. The number of H-pyrrole nitrogens is 1. The second-order valence-corrected chi connectivity index (χ2v) is 7.44. The Kier molecular flexibility index (Phi) is 7.11. The Labute approximate surface area is 191 Å². The Balaban J connectivity index is 1.33. The maximum Gasteiger partial charge on any atom is 0.262 e. The number of aromatic amines is 1. The summed E-state index contributed by atoms with van der Waals surface area (Å²) in [5.41, 5.74) is 2.51. The minimum Gasteiger partial charge on any atom is -0.497 e. The van der Waals surface area contributed by atoms with Gasteiger partial charge in [0, 0.05) is 24.7 Å². The first-order chi connectivity index (χ1) is 16.2. The second-order valence-electron chi connectivity index (χ2n) is 7.44. The van der Waals surface area contributed by atoms with E-state index in [2.05, 4.69) is 37.7 Å². The molecule has 0 bridgehead atoms. The van der Waals surface area contributed by atoms with Crippen LogP contribution in [0.3, 0.4) is 0 Å². The minimum atomic E-state index is -0.215. The van der Waals surface area contributed by atoms with Crippen LogP contribution in [0.25, 0.3) is 10.9 Å². The van der Waals surface area contributed by atoms with E-state index in [1.807, 2.05) is 36.4 Å². The lowest BCUT2D eigenvalue weighted by molar-refractivity contribution is 0.310. The molecular weight excluding hydrogens is 420 g/mol. The first kappa shape index (κ1) is 22.2. The third-order valence-corrected chi connectivity index (χ3v) is 5.28. The van der Waals surface area contributed by atoms with Crippen LogP contribution in [0, 0.1) is 0 Å². The summed E-state index contributed by atoms with van der Waals surface area (Å²) in [6, 6.07) is 15.2. The number of ether oxygens (including phenoxy) is 2. The molecule has 1 unspecified atom stereocenters. The van der Waals surface area contributed by atoms with Crippen molar-refractivity contribution in [2.45, 2.75) is 19.5 Å². The van der Waals surface area contributed by atoms with Crippen molar-refractivity contribution in [1.29, 1.82) is 0 Å². The van der Waals surface area contributed by atoms with Crippen molar-refractivity contribution in [3.63, 3.8) is 0 Å². The van der Waals surface area contributed by atoms with Gasteiger partial charge >= 0.3 is 0 Å². The molecule has 9 heteroatoms. The van der Waals surface area contributed by atoms with Gasteiger partial charge in [-0.05, 0) is 42.8 Å². The van der Waals surface area contributed by atoms with Crippen LogP contribution in [0.4, 0.5) is 5.82 Å². The molecule has 4 rings (SSSR count). The van der Waals surface area contributed by atoms with Crippen LogP contribution < -0.4 is 25.7 Å². The first-order valence-electron chi connectivity index (χ1n) is 10.7. The van der Waals surface area contributed by atoms with Crippen molar-refractivity contribution < 1.29 is 9.47 Å². The van der Waals surface area contributed by atoms with Gasteiger partial charge in [-0.2, -0.15) is 5.10 Å². The molecule has 1 atom stereocenters. The van der Waals surface area contributed by atoms with Gasteiger partial charge in [0.05, 0.1) is 25.2 Å². The molecule has 0 saturated carbocycles. The summed E-state index contributed by atoms with van der Waals surface area (Å²) in [4.78, 5) is 18.9. The van der Waals surface area contributed by atoms with Crippen molar-refractivity contribution in [1.82, 2.24) is 25.5 Å². The van der Waals surface area contributed by atoms with E-state index in [0.29, 0.717) is 36.3 Å². The standard InChI is InChI=1S/C24H26N6O3/c1-16(25-12-13-33-21-5-3-4-20-22(21)24(31)28-15-27-20)19-10-11-29-30-23(19)26-14-17-6-8-18(32-2)9-7-17/h3-11,15-16,25H,12-14H2,1-2H3,(H,26,30)(H,27,28,31). The maximum absolute atomic E-state index is 12.1. The van der Waals surface area contributed by atoms with E-state index in [1.54, 1.807) is 25.4 Å². The number of methoxy groups -OCH3 is 1. The highest BCUT2D eigenvalue weighted by atomic mass is 16.5. The minimum absolute atomic E-state index is 0.0139.